The number of H-pyrrole nitrogens is 2. The highest BCUT2D eigenvalue weighted by Crippen LogP contribution is 2.28. The van der Waals surface area contributed by atoms with Crippen LogP contribution in [0.15, 0.2) is 42.6 Å². The van der Waals surface area contributed by atoms with Gasteiger partial charge in [-0.2, -0.15) is 0 Å². The minimum atomic E-state index is 0.738. The van der Waals surface area contributed by atoms with Gasteiger partial charge >= 0.3 is 0 Å². The first-order valence-corrected chi connectivity index (χ1v) is 5.13. The van der Waals surface area contributed by atoms with E-state index in [1.165, 1.54) is 5.39 Å². The predicted molar refractivity (Wildman–Crippen MR) is 63.1 cm³/mol. The molecule has 0 bridgehead atoms. The van der Waals surface area contributed by atoms with Crippen molar-refractivity contribution >= 4 is 22.5 Å². The topological polar surface area (TPSA) is 31.6 Å². The molecule has 0 saturated heterocycles. The Bertz CT molecular complexity index is 574. The molecule has 0 amide bonds. The minimum Gasteiger partial charge on any atom is -0.359 e. The Labute approximate surface area is 91.9 Å². The molecular formula is C12H9ClN2. The van der Waals surface area contributed by atoms with Crippen LogP contribution in [0.3, 0.4) is 0 Å². The van der Waals surface area contributed by atoms with Gasteiger partial charge in [-0.1, -0.05) is 29.8 Å². The average Bonchev–Trinajstić information content (AvgIpc) is 2.82. The Morgan fingerprint density at radius 2 is 1.93 bits per heavy atom. The van der Waals surface area contributed by atoms with E-state index in [0.29, 0.717) is 0 Å². The zero-order chi connectivity index (χ0) is 10.3. The molecule has 0 spiro atoms. The van der Waals surface area contributed by atoms with E-state index in [9.17, 15) is 0 Å². The number of benzene rings is 1. The van der Waals surface area contributed by atoms with Gasteiger partial charge in [-0.05, 0) is 18.2 Å². The molecule has 1 aromatic carbocycles. The maximum Gasteiger partial charge on any atom is 0.0809 e. The van der Waals surface area contributed by atoms with Crippen LogP contribution in [-0.4, -0.2) is 9.97 Å². The van der Waals surface area contributed by atoms with Crippen molar-refractivity contribution in [2.75, 3.05) is 0 Å². The van der Waals surface area contributed by atoms with Gasteiger partial charge < -0.3 is 9.97 Å². The second-order valence-corrected chi connectivity index (χ2v) is 3.88. The van der Waals surface area contributed by atoms with Crippen molar-refractivity contribution in [1.82, 2.24) is 9.97 Å². The summed E-state index contributed by atoms with van der Waals surface area (Å²) in [6.07, 6.45) is 1.84. The number of aromatic amines is 2. The van der Waals surface area contributed by atoms with Gasteiger partial charge in [0.2, 0.25) is 0 Å². The summed E-state index contributed by atoms with van der Waals surface area (Å²) >= 11 is 6.05. The van der Waals surface area contributed by atoms with Crippen LogP contribution < -0.4 is 0 Å². The summed E-state index contributed by atoms with van der Waals surface area (Å²) in [7, 11) is 0. The lowest BCUT2D eigenvalue weighted by molar-refractivity contribution is 1.35. The number of para-hydroxylation sites is 1. The van der Waals surface area contributed by atoms with Crippen LogP contribution in [0.4, 0.5) is 0 Å². The quantitative estimate of drug-likeness (QED) is 0.620. The molecule has 2 aromatic heterocycles. The fourth-order valence-corrected chi connectivity index (χ4v) is 1.98. The summed E-state index contributed by atoms with van der Waals surface area (Å²) in [5.41, 5.74) is 3.08. The second kappa shape index (κ2) is 3.17. The lowest BCUT2D eigenvalue weighted by Gasteiger charge is -1.93. The maximum atomic E-state index is 6.05. The normalized spacial score (nSPS) is 11.0. The number of hydrogen-bond donors (Lipinski definition) is 2. The molecule has 0 aliphatic rings. The summed E-state index contributed by atoms with van der Waals surface area (Å²) in [6.45, 7) is 0. The van der Waals surface area contributed by atoms with E-state index in [2.05, 4.69) is 28.2 Å². The van der Waals surface area contributed by atoms with Gasteiger partial charge in [-0.15, -0.1) is 0 Å². The third-order valence-corrected chi connectivity index (χ3v) is 2.81. The molecule has 0 saturated carbocycles. The smallest absolute Gasteiger partial charge is 0.0809 e. The van der Waals surface area contributed by atoms with Crippen LogP contribution in [0.25, 0.3) is 22.3 Å². The molecule has 0 fully saturated rings. The van der Waals surface area contributed by atoms with E-state index in [1.54, 1.807) is 0 Å². The van der Waals surface area contributed by atoms with E-state index in [-0.39, 0.29) is 0 Å². The van der Waals surface area contributed by atoms with Crippen molar-refractivity contribution in [3.05, 3.63) is 47.6 Å². The van der Waals surface area contributed by atoms with Crippen molar-refractivity contribution in [1.29, 1.82) is 0 Å². The molecule has 2 N–H and O–H groups in total. The first kappa shape index (κ1) is 8.62. The third-order valence-electron chi connectivity index (χ3n) is 2.50. The van der Waals surface area contributed by atoms with E-state index in [4.69, 9.17) is 11.6 Å². The molecule has 0 atom stereocenters. The Hall–Kier alpha value is -1.67. The first-order valence-electron chi connectivity index (χ1n) is 4.75. The van der Waals surface area contributed by atoms with Crippen LogP contribution in [0.2, 0.25) is 5.02 Å². The Morgan fingerprint density at radius 3 is 2.67 bits per heavy atom. The van der Waals surface area contributed by atoms with Crippen molar-refractivity contribution in [2.45, 2.75) is 0 Å². The fourth-order valence-electron chi connectivity index (χ4n) is 1.76. The molecule has 0 aliphatic heterocycles. The summed E-state index contributed by atoms with van der Waals surface area (Å²) < 4.78 is 0. The summed E-state index contributed by atoms with van der Waals surface area (Å²) in [5.74, 6) is 0. The number of rotatable bonds is 1. The lowest BCUT2D eigenvalue weighted by Crippen LogP contribution is -1.76. The molecule has 0 radical (unpaired) electrons. The molecular weight excluding hydrogens is 208 g/mol. The largest absolute Gasteiger partial charge is 0.359 e. The number of aromatic nitrogens is 2. The molecule has 2 heterocycles. The molecule has 3 aromatic rings. The van der Waals surface area contributed by atoms with E-state index >= 15 is 0 Å². The van der Waals surface area contributed by atoms with Crippen LogP contribution in [0.5, 0.6) is 0 Å². The van der Waals surface area contributed by atoms with E-state index in [1.807, 2.05) is 24.4 Å². The van der Waals surface area contributed by atoms with Gasteiger partial charge in [-0.3, -0.25) is 0 Å². The highest BCUT2D eigenvalue weighted by atomic mass is 35.5. The van der Waals surface area contributed by atoms with Crippen molar-refractivity contribution in [2.24, 2.45) is 0 Å². The van der Waals surface area contributed by atoms with Gasteiger partial charge in [0.25, 0.3) is 0 Å². The van der Waals surface area contributed by atoms with Crippen LogP contribution in [0.1, 0.15) is 0 Å². The lowest BCUT2D eigenvalue weighted by atomic mass is 10.2. The number of nitrogens with one attached hydrogen (secondary N) is 2. The van der Waals surface area contributed by atoms with Gasteiger partial charge in [0.05, 0.1) is 16.4 Å². The highest BCUT2D eigenvalue weighted by molar-refractivity contribution is 6.33. The van der Waals surface area contributed by atoms with E-state index in [0.717, 1.165) is 21.9 Å². The fraction of sp³-hybridized carbons (Fsp3) is 0. The van der Waals surface area contributed by atoms with Crippen molar-refractivity contribution in [3.8, 4) is 11.4 Å². The zero-order valence-electron chi connectivity index (χ0n) is 7.92. The predicted octanol–water partition coefficient (Wildman–Crippen LogP) is 3.82. The zero-order valence-corrected chi connectivity index (χ0v) is 8.68. The Kier molecular flexibility index (Phi) is 1.82. The second-order valence-electron chi connectivity index (χ2n) is 3.47. The standard InChI is InChI=1S/C12H9ClN2/c13-9-5-6-14-12(9)11-7-8-3-1-2-4-10(8)15-11/h1-7,14-15H. The molecule has 2 nitrogen and oxygen atoms in total. The summed E-state index contributed by atoms with van der Waals surface area (Å²) in [5, 5.41) is 1.93. The van der Waals surface area contributed by atoms with Crippen LogP contribution >= 0.6 is 11.6 Å². The number of halogens is 1. The average molecular weight is 217 g/mol. The van der Waals surface area contributed by atoms with Crippen LogP contribution in [-0.2, 0) is 0 Å². The van der Waals surface area contributed by atoms with Gasteiger partial charge in [0, 0.05) is 17.1 Å². The van der Waals surface area contributed by atoms with Gasteiger partial charge in [0.15, 0.2) is 0 Å². The van der Waals surface area contributed by atoms with Crippen LogP contribution in [0, 0.1) is 0 Å². The van der Waals surface area contributed by atoms with Crippen molar-refractivity contribution in [3.63, 3.8) is 0 Å². The van der Waals surface area contributed by atoms with Gasteiger partial charge in [-0.25, -0.2) is 0 Å². The highest BCUT2D eigenvalue weighted by Gasteiger charge is 2.06. The number of fused-ring (bicyclic) bond motifs is 1. The summed E-state index contributed by atoms with van der Waals surface area (Å²) in [4.78, 5) is 6.44. The molecule has 3 rings (SSSR count). The Balaban J connectivity index is 2.24. The molecule has 0 unspecified atom stereocenters. The van der Waals surface area contributed by atoms with Crippen molar-refractivity contribution < 1.29 is 0 Å². The molecule has 74 valence electrons. The molecule has 0 aliphatic carbocycles. The third kappa shape index (κ3) is 1.34. The monoisotopic (exact) mass is 216 g/mol. The first-order chi connectivity index (χ1) is 7.34. The molecule has 3 heteroatoms. The summed E-state index contributed by atoms with van der Waals surface area (Å²) in [6, 6.07) is 12.1. The van der Waals surface area contributed by atoms with Gasteiger partial charge in [0.1, 0.15) is 0 Å². The SMILES string of the molecule is Clc1cc[nH]c1-c1cc2ccccc2[nH]1. The van der Waals surface area contributed by atoms with E-state index < -0.39 is 0 Å². The Morgan fingerprint density at radius 1 is 1.07 bits per heavy atom. The molecule has 15 heavy (non-hydrogen) atoms. The number of hydrogen-bond acceptors (Lipinski definition) is 0. The maximum absolute atomic E-state index is 6.05. The minimum absolute atomic E-state index is 0.738.